The zero-order valence-corrected chi connectivity index (χ0v) is 17.1. The van der Waals surface area contributed by atoms with Crippen molar-refractivity contribution in [3.05, 3.63) is 53.0 Å². The molecule has 1 fully saturated rings. The SMILES string of the molecule is CS(=O)(=O)c1nc(NCCc2cccc(F)c2)n2ncc(/C=C3\CC(=O)NC3=O)c2n1. The summed E-state index contributed by atoms with van der Waals surface area (Å²) in [6.45, 7) is 0.325. The highest BCUT2D eigenvalue weighted by molar-refractivity contribution is 7.90. The van der Waals surface area contributed by atoms with Crippen LogP contribution in [0.15, 0.2) is 41.2 Å². The van der Waals surface area contributed by atoms with Crippen molar-refractivity contribution in [2.24, 2.45) is 0 Å². The number of hydrogen-bond donors (Lipinski definition) is 2. The third-order valence-electron chi connectivity index (χ3n) is 4.52. The van der Waals surface area contributed by atoms with Crippen LogP contribution in [0.2, 0.25) is 0 Å². The number of carbonyl (C=O) groups is 2. The molecule has 160 valence electrons. The number of rotatable bonds is 6. The molecular formula is C19H17FN6O4S. The molecule has 1 aliphatic rings. The van der Waals surface area contributed by atoms with Gasteiger partial charge in [0.25, 0.3) is 11.1 Å². The Morgan fingerprint density at radius 2 is 2.10 bits per heavy atom. The van der Waals surface area contributed by atoms with E-state index in [1.807, 2.05) is 0 Å². The normalized spacial score (nSPS) is 15.6. The fraction of sp³-hybridized carbons (Fsp3) is 0.211. The first-order chi connectivity index (χ1) is 14.7. The van der Waals surface area contributed by atoms with Crippen LogP contribution in [0.4, 0.5) is 10.3 Å². The van der Waals surface area contributed by atoms with Gasteiger partial charge in [0.2, 0.25) is 21.7 Å². The van der Waals surface area contributed by atoms with Crippen LogP contribution in [0.5, 0.6) is 0 Å². The summed E-state index contributed by atoms with van der Waals surface area (Å²) in [7, 11) is -3.75. The van der Waals surface area contributed by atoms with E-state index in [4.69, 9.17) is 0 Å². The summed E-state index contributed by atoms with van der Waals surface area (Å²) >= 11 is 0. The Kier molecular flexibility index (Phi) is 5.23. The lowest BCUT2D eigenvalue weighted by Gasteiger charge is -2.09. The number of aromatic nitrogens is 4. The van der Waals surface area contributed by atoms with Gasteiger partial charge in [-0.05, 0) is 30.2 Å². The molecule has 1 saturated heterocycles. The van der Waals surface area contributed by atoms with Gasteiger partial charge in [0, 0.05) is 23.9 Å². The van der Waals surface area contributed by atoms with Gasteiger partial charge in [0.15, 0.2) is 5.65 Å². The topological polar surface area (TPSA) is 135 Å². The van der Waals surface area contributed by atoms with E-state index in [2.05, 4.69) is 25.7 Å². The van der Waals surface area contributed by atoms with Gasteiger partial charge in [-0.15, -0.1) is 0 Å². The maximum atomic E-state index is 13.4. The van der Waals surface area contributed by atoms with Crippen LogP contribution < -0.4 is 10.6 Å². The summed E-state index contributed by atoms with van der Waals surface area (Å²) < 4.78 is 38.8. The molecule has 1 aromatic carbocycles. The second-order valence-corrected chi connectivity index (χ2v) is 8.88. The summed E-state index contributed by atoms with van der Waals surface area (Å²) in [5.41, 5.74) is 1.49. The average Bonchev–Trinajstić information content (AvgIpc) is 3.24. The van der Waals surface area contributed by atoms with Crippen molar-refractivity contribution >= 4 is 39.3 Å². The maximum Gasteiger partial charge on any atom is 0.254 e. The van der Waals surface area contributed by atoms with E-state index in [1.54, 1.807) is 12.1 Å². The van der Waals surface area contributed by atoms with E-state index < -0.39 is 26.8 Å². The number of halogens is 1. The third-order valence-corrected chi connectivity index (χ3v) is 5.36. The Morgan fingerprint density at radius 1 is 1.29 bits per heavy atom. The van der Waals surface area contributed by atoms with Crippen LogP contribution in [-0.2, 0) is 25.8 Å². The lowest BCUT2D eigenvalue weighted by Crippen LogP contribution is -2.19. The zero-order valence-electron chi connectivity index (χ0n) is 16.3. The molecule has 0 radical (unpaired) electrons. The van der Waals surface area contributed by atoms with Crippen molar-refractivity contribution in [1.82, 2.24) is 24.9 Å². The summed E-state index contributed by atoms with van der Waals surface area (Å²) in [4.78, 5) is 31.4. The Labute approximate surface area is 176 Å². The van der Waals surface area contributed by atoms with E-state index in [0.29, 0.717) is 18.5 Å². The molecule has 0 aliphatic carbocycles. The molecule has 1 aliphatic heterocycles. The van der Waals surface area contributed by atoms with Crippen LogP contribution in [0.25, 0.3) is 11.7 Å². The van der Waals surface area contributed by atoms with Gasteiger partial charge in [-0.25, -0.2) is 12.8 Å². The predicted octanol–water partition coefficient (Wildman–Crippen LogP) is 0.751. The lowest BCUT2D eigenvalue weighted by molar-refractivity contribution is -0.124. The summed E-state index contributed by atoms with van der Waals surface area (Å²) in [5, 5.41) is 8.94. The van der Waals surface area contributed by atoms with E-state index in [9.17, 15) is 22.4 Å². The molecular weight excluding hydrogens is 427 g/mol. The molecule has 3 aromatic rings. The first kappa shape index (κ1) is 20.6. The van der Waals surface area contributed by atoms with Crippen molar-refractivity contribution in [3.8, 4) is 0 Å². The number of carbonyl (C=O) groups excluding carboxylic acids is 2. The van der Waals surface area contributed by atoms with Crippen molar-refractivity contribution in [1.29, 1.82) is 0 Å². The predicted molar refractivity (Wildman–Crippen MR) is 108 cm³/mol. The van der Waals surface area contributed by atoms with Gasteiger partial charge < -0.3 is 5.32 Å². The van der Waals surface area contributed by atoms with E-state index in [0.717, 1.165) is 11.8 Å². The monoisotopic (exact) mass is 444 g/mol. The first-order valence-electron chi connectivity index (χ1n) is 9.19. The van der Waals surface area contributed by atoms with Crippen LogP contribution in [0.3, 0.4) is 0 Å². The smallest absolute Gasteiger partial charge is 0.254 e. The van der Waals surface area contributed by atoms with Gasteiger partial charge in [-0.1, -0.05) is 12.1 Å². The highest BCUT2D eigenvalue weighted by atomic mass is 32.2. The highest BCUT2D eigenvalue weighted by Crippen LogP contribution is 2.20. The number of anilines is 1. The quantitative estimate of drug-likeness (QED) is 0.420. The molecule has 0 unspecified atom stereocenters. The van der Waals surface area contributed by atoms with Crippen LogP contribution >= 0.6 is 0 Å². The highest BCUT2D eigenvalue weighted by Gasteiger charge is 2.25. The first-order valence-corrected chi connectivity index (χ1v) is 11.1. The molecule has 31 heavy (non-hydrogen) atoms. The Bertz CT molecular complexity index is 1350. The average molecular weight is 444 g/mol. The molecule has 12 heteroatoms. The van der Waals surface area contributed by atoms with E-state index >= 15 is 0 Å². The number of fused-ring (bicyclic) bond motifs is 1. The number of sulfone groups is 1. The molecule has 10 nitrogen and oxygen atoms in total. The van der Waals surface area contributed by atoms with Crippen LogP contribution in [0.1, 0.15) is 17.5 Å². The van der Waals surface area contributed by atoms with Gasteiger partial charge in [0.1, 0.15) is 5.82 Å². The summed E-state index contributed by atoms with van der Waals surface area (Å²) in [5.74, 6) is -1.16. The Hall–Kier alpha value is -3.67. The lowest BCUT2D eigenvalue weighted by atomic mass is 10.1. The second-order valence-electron chi connectivity index (χ2n) is 6.97. The van der Waals surface area contributed by atoms with E-state index in [-0.39, 0.29) is 29.4 Å². The largest absolute Gasteiger partial charge is 0.354 e. The number of imide groups is 1. The Morgan fingerprint density at radius 3 is 2.77 bits per heavy atom. The number of nitrogens with zero attached hydrogens (tertiary/aromatic N) is 4. The van der Waals surface area contributed by atoms with Crippen molar-refractivity contribution in [3.63, 3.8) is 0 Å². The molecule has 3 heterocycles. The molecule has 4 rings (SSSR count). The van der Waals surface area contributed by atoms with Crippen molar-refractivity contribution < 1.29 is 22.4 Å². The second kappa shape index (κ2) is 7.87. The van der Waals surface area contributed by atoms with Gasteiger partial charge >= 0.3 is 0 Å². The standard InChI is InChI=1S/C19H17FN6O4S/c1-31(29,30)19-24-16-13(8-12-9-15(27)23-17(12)28)10-22-26(16)18(25-19)21-6-5-11-3-2-4-14(20)7-11/h2-4,7-8,10H,5-6,9H2,1H3,(H,21,24,25)(H,23,27,28)/b12-8+. The molecule has 0 atom stereocenters. The number of nitrogens with one attached hydrogen (secondary N) is 2. The maximum absolute atomic E-state index is 13.4. The van der Waals surface area contributed by atoms with Crippen molar-refractivity contribution in [2.75, 3.05) is 18.1 Å². The minimum Gasteiger partial charge on any atom is -0.354 e. The molecule has 0 spiro atoms. The van der Waals surface area contributed by atoms with Crippen molar-refractivity contribution in [2.45, 2.75) is 18.0 Å². The van der Waals surface area contributed by atoms with Gasteiger partial charge in [-0.2, -0.15) is 19.6 Å². The summed E-state index contributed by atoms with van der Waals surface area (Å²) in [6.07, 6.45) is 4.19. The minimum atomic E-state index is -3.75. The molecule has 2 amide bonds. The molecule has 0 bridgehead atoms. The number of benzene rings is 1. The van der Waals surface area contributed by atoms with Crippen LogP contribution in [0, 0.1) is 5.82 Å². The molecule has 2 aromatic heterocycles. The van der Waals surface area contributed by atoms with Crippen LogP contribution in [-0.4, -0.2) is 52.6 Å². The fourth-order valence-corrected chi connectivity index (χ4v) is 3.58. The number of amides is 2. The minimum absolute atomic E-state index is 0.0844. The Balaban J connectivity index is 1.69. The molecule has 0 saturated carbocycles. The van der Waals surface area contributed by atoms with E-state index in [1.165, 1.54) is 28.9 Å². The van der Waals surface area contributed by atoms with Gasteiger partial charge in [-0.3, -0.25) is 14.9 Å². The summed E-state index contributed by atoms with van der Waals surface area (Å²) in [6, 6.07) is 6.13. The molecule has 2 N–H and O–H groups in total. The zero-order chi connectivity index (χ0) is 22.2. The fourth-order valence-electron chi connectivity index (χ4n) is 3.08. The third kappa shape index (κ3) is 4.43. The van der Waals surface area contributed by atoms with Gasteiger partial charge in [0.05, 0.1) is 12.6 Å². The number of hydrogen-bond acceptors (Lipinski definition) is 8.